The standard InChI is InChI=1S/C14H12N4O3/c1-8-13(19)18-10-6-9(2-3-12(10)21-8)17-14(20)11-7-15-4-5-16-11/h2-8H,1H3,(H,17,20)(H,18,19)/t8-/m1/s1. The maximum atomic E-state index is 12.0. The molecule has 2 heterocycles. The van der Waals surface area contributed by atoms with Gasteiger partial charge in [0, 0.05) is 18.1 Å². The molecule has 2 N–H and O–H groups in total. The molecule has 0 spiro atoms. The van der Waals surface area contributed by atoms with E-state index in [4.69, 9.17) is 4.74 Å². The lowest BCUT2D eigenvalue weighted by Crippen LogP contribution is -2.34. The number of fused-ring (bicyclic) bond motifs is 1. The number of aromatic nitrogens is 2. The molecule has 106 valence electrons. The molecule has 0 fully saturated rings. The van der Waals surface area contributed by atoms with Gasteiger partial charge >= 0.3 is 0 Å². The second-order valence-electron chi connectivity index (χ2n) is 4.51. The zero-order valence-electron chi connectivity index (χ0n) is 11.2. The van der Waals surface area contributed by atoms with Gasteiger partial charge in [0.25, 0.3) is 11.8 Å². The highest BCUT2D eigenvalue weighted by Gasteiger charge is 2.23. The maximum Gasteiger partial charge on any atom is 0.275 e. The Kier molecular flexibility index (Phi) is 3.23. The van der Waals surface area contributed by atoms with Crippen LogP contribution >= 0.6 is 0 Å². The van der Waals surface area contributed by atoms with Crippen LogP contribution in [0.15, 0.2) is 36.8 Å². The maximum absolute atomic E-state index is 12.0. The van der Waals surface area contributed by atoms with E-state index in [9.17, 15) is 9.59 Å². The number of benzene rings is 1. The van der Waals surface area contributed by atoms with Crippen molar-refractivity contribution >= 4 is 23.2 Å². The molecule has 0 saturated heterocycles. The van der Waals surface area contributed by atoms with Gasteiger partial charge in [-0.15, -0.1) is 0 Å². The summed E-state index contributed by atoms with van der Waals surface area (Å²) in [6.45, 7) is 1.67. The Morgan fingerprint density at radius 1 is 1.38 bits per heavy atom. The van der Waals surface area contributed by atoms with Gasteiger partial charge in [-0.25, -0.2) is 4.98 Å². The summed E-state index contributed by atoms with van der Waals surface area (Å²) in [5.41, 5.74) is 1.27. The predicted octanol–water partition coefficient (Wildman–Crippen LogP) is 1.45. The molecule has 21 heavy (non-hydrogen) atoms. The fourth-order valence-corrected chi connectivity index (χ4v) is 1.90. The molecule has 2 aromatic rings. The summed E-state index contributed by atoms with van der Waals surface area (Å²) in [4.78, 5) is 31.3. The number of ether oxygens (including phenoxy) is 1. The van der Waals surface area contributed by atoms with E-state index in [1.54, 1.807) is 25.1 Å². The van der Waals surface area contributed by atoms with Gasteiger partial charge in [0.2, 0.25) is 0 Å². The quantitative estimate of drug-likeness (QED) is 0.870. The van der Waals surface area contributed by atoms with Crippen molar-refractivity contribution in [2.24, 2.45) is 0 Å². The molecule has 0 unspecified atom stereocenters. The third-order valence-electron chi connectivity index (χ3n) is 2.96. The minimum atomic E-state index is -0.530. The van der Waals surface area contributed by atoms with Crippen LogP contribution in [0.5, 0.6) is 5.75 Å². The predicted molar refractivity (Wildman–Crippen MR) is 75.1 cm³/mol. The minimum absolute atomic E-state index is 0.212. The molecule has 0 bridgehead atoms. The van der Waals surface area contributed by atoms with Crippen molar-refractivity contribution in [3.05, 3.63) is 42.5 Å². The highest BCUT2D eigenvalue weighted by atomic mass is 16.5. The molecule has 2 amide bonds. The molecule has 1 aliphatic heterocycles. The molecule has 1 aliphatic rings. The van der Waals surface area contributed by atoms with Crippen molar-refractivity contribution < 1.29 is 14.3 Å². The Morgan fingerprint density at radius 2 is 2.24 bits per heavy atom. The molecule has 7 heteroatoms. The number of amides is 2. The number of nitrogens with zero attached hydrogens (tertiary/aromatic N) is 2. The Balaban J connectivity index is 1.80. The zero-order chi connectivity index (χ0) is 14.8. The van der Waals surface area contributed by atoms with Gasteiger partial charge in [0.05, 0.1) is 11.9 Å². The van der Waals surface area contributed by atoms with Crippen LogP contribution in [0.25, 0.3) is 0 Å². The smallest absolute Gasteiger partial charge is 0.275 e. The van der Waals surface area contributed by atoms with Gasteiger partial charge in [-0.2, -0.15) is 0 Å². The molecular weight excluding hydrogens is 272 g/mol. The lowest BCUT2D eigenvalue weighted by Gasteiger charge is -2.23. The summed E-state index contributed by atoms with van der Waals surface area (Å²) in [5.74, 6) is -0.0287. The second-order valence-corrected chi connectivity index (χ2v) is 4.51. The lowest BCUT2D eigenvalue weighted by atomic mass is 10.2. The van der Waals surface area contributed by atoms with Gasteiger partial charge in [-0.1, -0.05) is 0 Å². The summed E-state index contributed by atoms with van der Waals surface area (Å²) < 4.78 is 5.44. The third kappa shape index (κ3) is 2.66. The second kappa shape index (κ2) is 5.20. The summed E-state index contributed by atoms with van der Waals surface area (Å²) in [5, 5.41) is 5.41. The van der Waals surface area contributed by atoms with E-state index in [0.717, 1.165) is 0 Å². The van der Waals surface area contributed by atoms with Gasteiger partial charge in [0.1, 0.15) is 11.4 Å². The lowest BCUT2D eigenvalue weighted by molar-refractivity contribution is -0.122. The first-order valence-corrected chi connectivity index (χ1v) is 6.32. The van der Waals surface area contributed by atoms with Crippen molar-refractivity contribution in [3.8, 4) is 5.75 Å². The Hall–Kier alpha value is -2.96. The summed E-state index contributed by atoms with van der Waals surface area (Å²) in [7, 11) is 0. The minimum Gasteiger partial charge on any atom is -0.479 e. The fourth-order valence-electron chi connectivity index (χ4n) is 1.90. The number of anilines is 2. The Bertz CT molecular complexity index is 703. The van der Waals surface area contributed by atoms with E-state index < -0.39 is 6.10 Å². The van der Waals surface area contributed by atoms with Gasteiger partial charge in [0.15, 0.2) is 6.10 Å². The van der Waals surface area contributed by atoms with Crippen LogP contribution in [-0.4, -0.2) is 27.9 Å². The Labute approximate surface area is 120 Å². The largest absolute Gasteiger partial charge is 0.479 e. The van der Waals surface area contributed by atoms with E-state index >= 15 is 0 Å². The highest BCUT2D eigenvalue weighted by molar-refractivity contribution is 6.04. The van der Waals surface area contributed by atoms with E-state index in [1.807, 2.05) is 0 Å². The number of hydrogen-bond donors (Lipinski definition) is 2. The number of nitrogens with one attached hydrogen (secondary N) is 2. The van der Waals surface area contributed by atoms with Crippen LogP contribution in [0.4, 0.5) is 11.4 Å². The molecule has 7 nitrogen and oxygen atoms in total. The fraction of sp³-hybridized carbons (Fsp3) is 0.143. The average Bonchev–Trinajstić information content (AvgIpc) is 2.49. The van der Waals surface area contributed by atoms with E-state index in [2.05, 4.69) is 20.6 Å². The normalized spacial score (nSPS) is 16.4. The third-order valence-corrected chi connectivity index (χ3v) is 2.96. The topological polar surface area (TPSA) is 93.2 Å². The molecule has 1 atom stereocenters. The summed E-state index contributed by atoms with van der Waals surface area (Å²) in [6, 6.07) is 5.02. The first kappa shape index (κ1) is 13.0. The van der Waals surface area contributed by atoms with Crippen molar-refractivity contribution in [1.29, 1.82) is 0 Å². The van der Waals surface area contributed by atoms with E-state index in [-0.39, 0.29) is 17.5 Å². The average molecular weight is 284 g/mol. The van der Waals surface area contributed by atoms with Crippen LogP contribution in [0, 0.1) is 0 Å². The van der Waals surface area contributed by atoms with Crippen LogP contribution in [-0.2, 0) is 4.79 Å². The Morgan fingerprint density at radius 3 is 3.00 bits per heavy atom. The first-order valence-electron chi connectivity index (χ1n) is 6.32. The summed E-state index contributed by atoms with van der Waals surface area (Å²) >= 11 is 0. The number of hydrogen-bond acceptors (Lipinski definition) is 5. The van der Waals surface area contributed by atoms with Crippen LogP contribution in [0.3, 0.4) is 0 Å². The van der Waals surface area contributed by atoms with E-state index in [0.29, 0.717) is 17.1 Å². The van der Waals surface area contributed by atoms with Gasteiger partial charge < -0.3 is 15.4 Å². The molecule has 0 saturated carbocycles. The SMILES string of the molecule is C[C@H]1Oc2ccc(NC(=O)c3cnccn3)cc2NC1=O. The summed E-state index contributed by atoms with van der Waals surface area (Å²) in [6.07, 6.45) is 3.78. The van der Waals surface area contributed by atoms with Crippen molar-refractivity contribution in [2.75, 3.05) is 10.6 Å². The van der Waals surface area contributed by atoms with Gasteiger partial charge in [-0.05, 0) is 25.1 Å². The molecule has 3 rings (SSSR count). The monoisotopic (exact) mass is 284 g/mol. The number of carbonyl (C=O) groups excluding carboxylic acids is 2. The van der Waals surface area contributed by atoms with Gasteiger partial charge in [-0.3, -0.25) is 14.6 Å². The number of carbonyl (C=O) groups is 2. The van der Waals surface area contributed by atoms with Crippen LogP contribution in [0.2, 0.25) is 0 Å². The van der Waals surface area contributed by atoms with Crippen LogP contribution in [0.1, 0.15) is 17.4 Å². The molecule has 0 aliphatic carbocycles. The van der Waals surface area contributed by atoms with Crippen molar-refractivity contribution in [3.63, 3.8) is 0 Å². The molecular formula is C14H12N4O3. The van der Waals surface area contributed by atoms with E-state index in [1.165, 1.54) is 18.6 Å². The zero-order valence-corrected chi connectivity index (χ0v) is 11.2. The number of rotatable bonds is 2. The molecule has 0 radical (unpaired) electrons. The molecule has 1 aromatic heterocycles. The molecule has 1 aromatic carbocycles. The first-order chi connectivity index (χ1) is 10.1. The van der Waals surface area contributed by atoms with Crippen LogP contribution < -0.4 is 15.4 Å². The van der Waals surface area contributed by atoms with Crippen molar-refractivity contribution in [1.82, 2.24) is 9.97 Å². The van der Waals surface area contributed by atoms with Crippen molar-refractivity contribution in [2.45, 2.75) is 13.0 Å². The highest BCUT2D eigenvalue weighted by Crippen LogP contribution is 2.32.